The molecule has 0 saturated carbocycles. The first-order valence-electron chi connectivity index (χ1n) is 13.7. The number of benzene rings is 2. The average Bonchev–Trinajstić information content (AvgIpc) is 3.16. The maximum absolute atomic E-state index is 6.84. The smallest absolute Gasteiger partial charge is 0.192 e. The van der Waals surface area contributed by atoms with Crippen LogP contribution >= 0.6 is 23.2 Å². The van der Waals surface area contributed by atoms with Crippen LogP contribution in [0.5, 0.6) is 0 Å². The molecule has 1 fully saturated rings. The fourth-order valence-electron chi connectivity index (χ4n) is 4.63. The Bertz CT molecular complexity index is 1270. The van der Waals surface area contributed by atoms with E-state index in [9.17, 15) is 0 Å². The molecule has 3 aromatic rings. The summed E-state index contributed by atoms with van der Waals surface area (Å²) >= 11 is 13.1. The summed E-state index contributed by atoms with van der Waals surface area (Å²) in [5, 5.41) is 6.79. The minimum absolute atomic E-state index is 0.118. The fraction of sp³-hybridized carbons (Fsp3) is 0.500. The van der Waals surface area contributed by atoms with Crippen LogP contribution < -0.4 is 0 Å². The van der Waals surface area contributed by atoms with Gasteiger partial charge in [0.05, 0.1) is 28.7 Å². The van der Waals surface area contributed by atoms with Crippen molar-refractivity contribution in [2.24, 2.45) is 0 Å². The molecule has 0 atom stereocenters. The molecular formula is C30H43Cl2N3OSi2. The molecule has 206 valence electrons. The molecule has 8 heteroatoms. The first kappa shape index (κ1) is 29.6. The van der Waals surface area contributed by atoms with E-state index < -0.39 is 16.4 Å². The summed E-state index contributed by atoms with van der Waals surface area (Å²) in [4.78, 5) is 2.57. The Kier molecular flexibility index (Phi) is 8.73. The van der Waals surface area contributed by atoms with Crippen LogP contribution in [0.3, 0.4) is 0 Å². The summed E-state index contributed by atoms with van der Waals surface area (Å²) in [6.45, 7) is 22.2. The summed E-state index contributed by atoms with van der Waals surface area (Å²) in [5.41, 5.74) is 6.33. The molecule has 0 radical (unpaired) electrons. The standard InChI is InChI=1S/C30H43Cl2N3OSi2/c1-22-9-14-28(26(32)19-22)35-29(23-10-12-24(31)13-11-23)25(21-36-38(7,8)30(2,3)4)27(33-35)20-34-15-17-37(5,6)18-16-34/h9-14,19H,15-18,20-21H2,1-8H3. The minimum atomic E-state index is -2.00. The van der Waals surface area contributed by atoms with Crippen LogP contribution in [0.2, 0.25) is 53.4 Å². The van der Waals surface area contributed by atoms with Crippen LogP contribution in [0.25, 0.3) is 16.9 Å². The molecule has 2 aromatic carbocycles. The van der Waals surface area contributed by atoms with E-state index in [1.165, 1.54) is 12.1 Å². The molecule has 0 unspecified atom stereocenters. The molecule has 1 aromatic heterocycles. The second-order valence-corrected chi connectivity index (χ2v) is 24.1. The second-order valence-electron chi connectivity index (χ2n) is 13.1. The van der Waals surface area contributed by atoms with Gasteiger partial charge in [-0.3, -0.25) is 4.90 Å². The maximum atomic E-state index is 6.84. The van der Waals surface area contributed by atoms with Crippen molar-refractivity contribution in [1.82, 2.24) is 14.7 Å². The molecule has 4 rings (SSSR count). The van der Waals surface area contributed by atoms with Gasteiger partial charge in [0.25, 0.3) is 0 Å². The molecule has 0 spiro atoms. The Morgan fingerprint density at radius 3 is 2.21 bits per heavy atom. The van der Waals surface area contributed by atoms with Crippen molar-refractivity contribution in [3.8, 4) is 16.9 Å². The molecule has 2 heterocycles. The van der Waals surface area contributed by atoms with Gasteiger partial charge >= 0.3 is 0 Å². The zero-order valence-corrected chi connectivity index (χ0v) is 27.8. The van der Waals surface area contributed by atoms with E-state index in [2.05, 4.69) is 83.0 Å². The van der Waals surface area contributed by atoms with E-state index in [-0.39, 0.29) is 5.04 Å². The van der Waals surface area contributed by atoms with Crippen LogP contribution in [0, 0.1) is 6.92 Å². The van der Waals surface area contributed by atoms with Crippen molar-refractivity contribution in [3.63, 3.8) is 0 Å². The largest absolute Gasteiger partial charge is 0.412 e. The topological polar surface area (TPSA) is 30.3 Å². The summed E-state index contributed by atoms with van der Waals surface area (Å²) in [6, 6.07) is 16.9. The van der Waals surface area contributed by atoms with E-state index in [1.54, 1.807) is 0 Å². The van der Waals surface area contributed by atoms with Crippen molar-refractivity contribution >= 4 is 39.6 Å². The number of nitrogens with zero attached hydrogens (tertiary/aromatic N) is 3. The van der Waals surface area contributed by atoms with Crippen LogP contribution in [0.15, 0.2) is 42.5 Å². The molecule has 38 heavy (non-hydrogen) atoms. The molecule has 1 aliphatic rings. The lowest BCUT2D eigenvalue weighted by Gasteiger charge is -2.36. The highest BCUT2D eigenvalue weighted by Crippen LogP contribution is 2.39. The average molecular weight is 589 g/mol. The van der Waals surface area contributed by atoms with Gasteiger partial charge in [0.1, 0.15) is 0 Å². The lowest BCUT2D eigenvalue weighted by molar-refractivity contribution is 0.261. The van der Waals surface area contributed by atoms with Gasteiger partial charge in [-0.25, -0.2) is 4.68 Å². The highest BCUT2D eigenvalue weighted by molar-refractivity contribution is 6.77. The van der Waals surface area contributed by atoms with Gasteiger partial charge in [0.2, 0.25) is 0 Å². The number of aryl methyl sites for hydroxylation is 1. The Morgan fingerprint density at radius 1 is 1.00 bits per heavy atom. The van der Waals surface area contributed by atoms with Gasteiger partial charge in [-0.1, -0.05) is 75.3 Å². The number of aromatic nitrogens is 2. The quantitative estimate of drug-likeness (QED) is 0.258. The van der Waals surface area contributed by atoms with Crippen LogP contribution in [0.1, 0.15) is 37.6 Å². The molecule has 4 nitrogen and oxygen atoms in total. The molecule has 1 saturated heterocycles. The molecule has 1 aliphatic heterocycles. The van der Waals surface area contributed by atoms with E-state index in [4.69, 9.17) is 32.7 Å². The Hall–Kier alpha value is -1.42. The third kappa shape index (κ3) is 6.65. The molecule has 0 aliphatic carbocycles. The van der Waals surface area contributed by atoms with Crippen LogP contribution in [-0.4, -0.2) is 44.2 Å². The van der Waals surface area contributed by atoms with Gasteiger partial charge in [-0.15, -0.1) is 0 Å². The number of halogens is 2. The van der Waals surface area contributed by atoms with Crippen molar-refractivity contribution in [2.75, 3.05) is 13.1 Å². The zero-order chi connectivity index (χ0) is 27.9. The Labute approximate surface area is 241 Å². The van der Waals surface area contributed by atoms with Crippen molar-refractivity contribution < 1.29 is 4.43 Å². The van der Waals surface area contributed by atoms with Gasteiger partial charge in [0.15, 0.2) is 8.32 Å². The molecule has 0 bridgehead atoms. The lowest BCUT2D eigenvalue weighted by atomic mass is 10.1. The lowest BCUT2D eigenvalue weighted by Crippen LogP contribution is -2.42. The Balaban J connectivity index is 1.85. The predicted molar refractivity (Wildman–Crippen MR) is 168 cm³/mol. The van der Waals surface area contributed by atoms with Crippen molar-refractivity contribution in [3.05, 3.63) is 69.3 Å². The second kappa shape index (κ2) is 11.2. The number of rotatable bonds is 7. The van der Waals surface area contributed by atoms with Gasteiger partial charge in [0, 0.05) is 30.8 Å². The first-order valence-corrected chi connectivity index (χ1v) is 20.7. The highest BCUT2D eigenvalue weighted by Gasteiger charge is 2.38. The number of hydrogen-bond acceptors (Lipinski definition) is 3. The molecular weight excluding hydrogens is 545 g/mol. The third-order valence-corrected chi connectivity index (χ3v) is 16.7. The summed E-state index contributed by atoms with van der Waals surface area (Å²) in [7, 11) is -3.07. The predicted octanol–water partition coefficient (Wildman–Crippen LogP) is 9.20. The SMILES string of the molecule is Cc1ccc(-n2nc(CN3CC[Si](C)(C)CC3)c(CO[Si](C)(C)C(C)(C)C)c2-c2ccc(Cl)cc2)c(Cl)c1. The minimum Gasteiger partial charge on any atom is -0.412 e. The maximum Gasteiger partial charge on any atom is 0.192 e. The van der Waals surface area contributed by atoms with Crippen LogP contribution in [-0.2, 0) is 17.6 Å². The van der Waals surface area contributed by atoms with E-state index in [1.807, 2.05) is 22.9 Å². The van der Waals surface area contributed by atoms with E-state index in [0.717, 1.165) is 53.4 Å². The number of hydrogen-bond donors (Lipinski definition) is 0. The van der Waals surface area contributed by atoms with Crippen LogP contribution in [0.4, 0.5) is 0 Å². The summed E-state index contributed by atoms with van der Waals surface area (Å²) < 4.78 is 8.88. The summed E-state index contributed by atoms with van der Waals surface area (Å²) in [6.07, 6.45) is 0. The third-order valence-electron chi connectivity index (χ3n) is 8.48. The molecule has 0 N–H and O–H groups in total. The van der Waals surface area contributed by atoms with Crippen molar-refractivity contribution in [1.29, 1.82) is 0 Å². The monoisotopic (exact) mass is 587 g/mol. The zero-order valence-electron chi connectivity index (χ0n) is 24.3. The van der Waals surface area contributed by atoms with E-state index >= 15 is 0 Å². The first-order chi connectivity index (χ1) is 17.7. The molecule has 0 amide bonds. The van der Waals surface area contributed by atoms with E-state index in [0.29, 0.717) is 16.7 Å². The van der Waals surface area contributed by atoms with Gasteiger partial charge < -0.3 is 4.43 Å². The highest BCUT2D eigenvalue weighted by atomic mass is 35.5. The normalized spacial score (nSPS) is 16.7. The van der Waals surface area contributed by atoms with Gasteiger partial charge in [-0.05, 0) is 80.1 Å². The Morgan fingerprint density at radius 2 is 1.63 bits per heavy atom. The summed E-state index contributed by atoms with van der Waals surface area (Å²) in [5.74, 6) is 0. The fourth-order valence-corrected chi connectivity index (χ4v) is 8.11. The van der Waals surface area contributed by atoms with Crippen molar-refractivity contribution in [2.45, 2.75) is 84.2 Å². The van der Waals surface area contributed by atoms with Gasteiger partial charge in [-0.2, -0.15) is 5.10 Å².